The van der Waals surface area contributed by atoms with Crippen LogP contribution in [0.2, 0.25) is 0 Å². The number of carboxylic acids is 1. The highest BCUT2D eigenvalue weighted by atomic mass is 32.2. The molecule has 0 atom stereocenters. The lowest BCUT2D eigenvalue weighted by atomic mass is 10.2. The normalized spacial score (nSPS) is 12.1. The zero-order chi connectivity index (χ0) is 21.1. The lowest BCUT2D eigenvalue weighted by Gasteiger charge is -2.15. The maximum atomic E-state index is 13.0. The minimum absolute atomic E-state index is 0.0313. The van der Waals surface area contributed by atoms with Gasteiger partial charge in [-0.05, 0) is 42.5 Å². The van der Waals surface area contributed by atoms with E-state index in [1.165, 1.54) is 38.4 Å². The van der Waals surface area contributed by atoms with Gasteiger partial charge in [-0.1, -0.05) is 0 Å². The van der Waals surface area contributed by atoms with Crippen LogP contribution in [0.15, 0.2) is 47.4 Å². The molecule has 0 fully saturated rings. The van der Waals surface area contributed by atoms with Crippen molar-refractivity contribution in [2.75, 3.05) is 20.7 Å². The molecule has 0 bridgehead atoms. The third-order valence-corrected chi connectivity index (χ3v) is 5.28. The van der Waals surface area contributed by atoms with Crippen LogP contribution in [0.5, 0.6) is 17.2 Å². The monoisotopic (exact) mass is 419 g/mol. The summed E-state index contributed by atoms with van der Waals surface area (Å²) in [5.41, 5.74) is -1.02. The van der Waals surface area contributed by atoms with E-state index in [9.17, 15) is 26.4 Å². The molecule has 0 unspecified atom stereocenters. The van der Waals surface area contributed by atoms with Gasteiger partial charge in [0.2, 0.25) is 10.0 Å². The minimum Gasteiger partial charge on any atom is -0.479 e. The molecule has 0 saturated carbocycles. The standard InChI is InChI=1S/C17H16F3NO6S/c1-21(2)28(24,25)13-6-4-12(5-7-13)27-15-9-11(17(18,19)20)3-8-14(15)26-10-16(22)23/h3-9H,10H2,1-2H3,(H,22,23). The molecule has 0 heterocycles. The van der Waals surface area contributed by atoms with Gasteiger partial charge in [-0.2, -0.15) is 13.2 Å². The summed E-state index contributed by atoms with van der Waals surface area (Å²) in [5.74, 6) is -1.85. The molecule has 0 amide bonds. The molecule has 0 saturated heterocycles. The van der Waals surface area contributed by atoms with Crippen LogP contribution in [0.3, 0.4) is 0 Å². The van der Waals surface area contributed by atoms with E-state index >= 15 is 0 Å². The summed E-state index contributed by atoms with van der Waals surface area (Å²) in [4.78, 5) is 10.6. The highest BCUT2D eigenvalue weighted by Crippen LogP contribution is 2.38. The molecule has 2 rings (SSSR count). The van der Waals surface area contributed by atoms with Crippen molar-refractivity contribution < 1.29 is 41.0 Å². The molecule has 2 aromatic carbocycles. The second kappa shape index (κ2) is 8.07. The van der Waals surface area contributed by atoms with Crippen LogP contribution in [0, 0.1) is 0 Å². The first-order chi connectivity index (χ1) is 12.9. The van der Waals surface area contributed by atoms with Crippen molar-refractivity contribution in [3.05, 3.63) is 48.0 Å². The quantitative estimate of drug-likeness (QED) is 0.741. The summed E-state index contributed by atoms with van der Waals surface area (Å²) in [6, 6.07) is 7.34. The Morgan fingerprint density at radius 3 is 2.18 bits per heavy atom. The van der Waals surface area contributed by atoms with Gasteiger partial charge in [-0.25, -0.2) is 17.5 Å². The van der Waals surface area contributed by atoms with Gasteiger partial charge in [-0.15, -0.1) is 0 Å². The lowest BCUT2D eigenvalue weighted by molar-refractivity contribution is -0.140. The summed E-state index contributed by atoms with van der Waals surface area (Å²) in [7, 11) is -0.969. The second-order valence-corrected chi connectivity index (χ2v) is 7.85. The topological polar surface area (TPSA) is 93.1 Å². The zero-order valence-electron chi connectivity index (χ0n) is 14.7. The first-order valence-corrected chi connectivity index (χ1v) is 9.11. The molecular weight excluding hydrogens is 403 g/mol. The molecule has 0 aliphatic carbocycles. The largest absolute Gasteiger partial charge is 0.479 e. The second-order valence-electron chi connectivity index (χ2n) is 5.70. The number of alkyl halides is 3. The van der Waals surface area contributed by atoms with E-state index in [2.05, 4.69) is 0 Å². The SMILES string of the molecule is CN(C)S(=O)(=O)c1ccc(Oc2cc(C(F)(F)F)ccc2OCC(=O)O)cc1. The highest BCUT2D eigenvalue weighted by Gasteiger charge is 2.31. The van der Waals surface area contributed by atoms with E-state index in [1.807, 2.05) is 0 Å². The van der Waals surface area contributed by atoms with Crippen molar-refractivity contribution in [2.45, 2.75) is 11.1 Å². The molecule has 0 spiro atoms. The Kier molecular flexibility index (Phi) is 6.20. The first kappa shape index (κ1) is 21.5. The fourth-order valence-electron chi connectivity index (χ4n) is 2.04. The number of aliphatic carboxylic acids is 1. The Labute approximate surface area is 159 Å². The number of hydrogen-bond donors (Lipinski definition) is 1. The maximum absolute atomic E-state index is 13.0. The number of sulfonamides is 1. The van der Waals surface area contributed by atoms with Crippen LogP contribution >= 0.6 is 0 Å². The van der Waals surface area contributed by atoms with Gasteiger partial charge in [0.05, 0.1) is 10.5 Å². The summed E-state index contributed by atoms with van der Waals surface area (Å²) in [6.45, 7) is -0.776. The fourth-order valence-corrected chi connectivity index (χ4v) is 2.94. The van der Waals surface area contributed by atoms with Crippen molar-refractivity contribution in [3.63, 3.8) is 0 Å². The van der Waals surface area contributed by atoms with Crippen molar-refractivity contribution in [1.82, 2.24) is 4.31 Å². The van der Waals surface area contributed by atoms with Crippen LogP contribution < -0.4 is 9.47 Å². The van der Waals surface area contributed by atoms with Gasteiger partial charge < -0.3 is 14.6 Å². The van der Waals surface area contributed by atoms with Crippen molar-refractivity contribution in [1.29, 1.82) is 0 Å². The van der Waals surface area contributed by atoms with Gasteiger partial charge in [0.25, 0.3) is 0 Å². The molecule has 0 radical (unpaired) electrons. The van der Waals surface area contributed by atoms with Crippen LogP contribution in [0.25, 0.3) is 0 Å². The van der Waals surface area contributed by atoms with E-state index in [4.69, 9.17) is 14.6 Å². The third-order valence-electron chi connectivity index (χ3n) is 3.45. The molecule has 0 aliphatic heterocycles. The average Bonchev–Trinajstić information content (AvgIpc) is 2.60. The maximum Gasteiger partial charge on any atom is 0.416 e. The number of halogens is 3. The smallest absolute Gasteiger partial charge is 0.416 e. The molecule has 7 nitrogen and oxygen atoms in total. The number of rotatable bonds is 7. The number of ether oxygens (including phenoxy) is 2. The Hall–Kier alpha value is -2.79. The van der Waals surface area contributed by atoms with E-state index in [1.54, 1.807) is 0 Å². The molecule has 11 heteroatoms. The molecule has 28 heavy (non-hydrogen) atoms. The molecule has 152 valence electrons. The number of nitrogens with zero attached hydrogens (tertiary/aromatic N) is 1. The average molecular weight is 419 g/mol. The van der Waals surface area contributed by atoms with Crippen LogP contribution in [0.1, 0.15) is 5.56 Å². The molecule has 0 aliphatic rings. The van der Waals surface area contributed by atoms with Crippen molar-refractivity contribution in [3.8, 4) is 17.2 Å². The first-order valence-electron chi connectivity index (χ1n) is 7.67. The predicted molar refractivity (Wildman–Crippen MR) is 92.0 cm³/mol. The number of benzene rings is 2. The molecule has 0 aromatic heterocycles. The van der Waals surface area contributed by atoms with Gasteiger partial charge in [0.1, 0.15) is 5.75 Å². The molecule has 1 N–H and O–H groups in total. The van der Waals surface area contributed by atoms with Gasteiger partial charge >= 0.3 is 12.1 Å². The van der Waals surface area contributed by atoms with Gasteiger partial charge in [0.15, 0.2) is 18.1 Å². The van der Waals surface area contributed by atoms with Gasteiger partial charge in [0, 0.05) is 14.1 Å². The highest BCUT2D eigenvalue weighted by molar-refractivity contribution is 7.89. The Morgan fingerprint density at radius 2 is 1.68 bits per heavy atom. The molecular formula is C17H16F3NO6S. The van der Waals surface area contributed by atoms with E-state index in [-0.39, 0.29) is 22.1 Å². The number of carboxylic acid groups (broad SMARTS) is 1. The summed E-state index contributed by atoms with van der Waals surface area (Å²) >= 11 is 0. The van der Waals surface area contributed by atoms with Crippen LogP contribution in [0.4, 0.5) is 13.2 Å². The Bertz CT molecular complexity index is 956. The predicted octanol–water partition coefficient (Wildman–Crippen LogP) is 3.21. The lowest BCUT2D eigenvalue weighted by Crippen LogP contribution is -2.22. The number of hydrogen-bond acceptors (Lipinski definition) is 5. The van der Waals surface area contributed by atoms with Crippen LogP contribution in [-0.4, -0.2) is 44.5 Å². The fraction of sp³-hybridized carbons (Fsp3) is 0.235. The van der Waals surface area contributed by atoms with Gasteiger partial charge in [-0.3, -0.25) is 0 Å². The molecule has 2 aromatic rings. The summed E-state index contributed by atoms with van der Waals surface area (Å²) < 4.78 is 74.3. The van der Waals surface area contributed by atoms with Crippen molar-refractivity contribution in [2.24, 2.45) is 0 Å². The Balaban J connectivity index is 2.36. The van der Waals surface area contributed by atoms with E-state index in [0.29, 0.717) is 6.07 Å². The third kappa shape index (κ3) is 5.14. The van der Waals surface area contributed by atoms with E-state index < -0.39 is 34.3 Å². The van der Waals surface area contributed by atoms with E-state index in [0.717, 1.165) is 16.4 Å². The van der Waals surface area contributed by atoms with Crippen molar-refractivity contribution >= 4 is 16.0 Å². The summed E-state index contributed by atoms with van der Waals surface area (Å²) in [6.07, 6.45) is -4.65. The Morgan fingerprint density at radius 1 is 1.07 bits per heavy atom. The zero-order valence-corrected chi connectivity index (χ0v) is 15.5. The number of carbonyl (C=O) groups is 1. The summed E-state index contributed by atoms with van der Waals surface area (Å²) in [5, 5.41) is 8.68. The minimum atomic E-state index is -4.65. The van der Waals surface area contributed by atoms with Crippen LogP contribution in [-0.2, 0) is 21.0 Å².